The highest BCUT2D eigenvalue weighted by Crippen LogP contribution is 2.18. The minimum atomic E-state index is 0.312. The average molecular weight is 287 g/mol. The van der Waals surface area contributed by atoms with E-state index in [0.717, 1.165) is 15.9 Å². The van der Waals surface area contributed by atoms with Crippen molar-refractivity contribution in [2.45, 2.75) is 26.8 Å². The van der Waals surface area contributed by atoms with Crippen molar-refractivity contribution in [3.8, 4) is 0 Å². The van der Waals surface area contributed by atoms with Gasteiger partial charge in [-0.05, 0) is 40.4 Å². The van der Waals surface area contributed by atoms with Crippen LogP contribution in [0.4, 0.5) is 5.69 Å². The molecule has 1 atom stereocenters. The van der Waals surface area contributed by atoms with Gasteiger partial charge in [0.05, 0.1) is 24.5 Å². The Balaban J connectivity index is 2.73. The SMILES string of the molecule is COCC(Nc1cnc(Br)c(C)c1)C(C)C. The molecule has 0 fully saturated rings. The lowest BCUT2D eigenvalue weighted by Gasteiger charge is -2.22. The highest BCUT2D eigenvalue weighted by molar-refractivity contribution is 9.10. The molecule has 1 unspecified atom stereocenters. The number of nitrogens with zero attached hydrogens (tertiary/aromatic N) is 1. The van der Waals surface area contributed by atoms with E-state index in [1.807, 2.05) is 13.1 Å². The van der Waals surface area contributed by atoms with E-state index in [2.05, 4.69) is 46.1 Å². The maximum absolute atomic E-state index is 5.20. The molecule has 3 nitrogen and oxygen atoms in total. The summed E-state index contributed by atoms with van der Waals surface area (Å²) in [5.41, 5.74) is 2.17. The van der Waals surface area contributed by atoms with Crippen LogP contribution in [0.15, 0.2) is 16.9 Å². The van der Waals surface area contributed by atoms with Gasteiger partial charge < -0.3 is 10.1 Å². The monoisotopic (exact) mass is 286 g/mol. The Bertz CT molecular complexity index is 342. The molecule has 0 aliphatic rings. The lowest BCUT2D eigenvalue weighted by Crippen LogP contribution is -2.30. The molecule has 0 spiro atoms. The van der Waals surface area contributed by atoms with Crippen LogP contribution in [-0.2, 0) is 4.74 Å². The summed E-state index contributed by atoms with van der Waals surface area (Å²) in [4.78, 5) is 4.26. The number of methoxy groups -OCH3 is 1. The molecule has 1 heterocycles. The standard InChI is InChI=1S/C12H19BrN2O/c1-8(2)11(7-16-4)15-10-5-9(3)12(13)14-6-10/h5-6,8,11,15H,7H2,1-4H3. The predicted molar refractivity (Wildman–Crippen MR) is 70.8 cm³/mol. The van der Waals surface area contributed by atoms with Gasteiger partial charge in [-0.15, -0.1) is 0 Å². The molecule has 4 heteroatoms. The van der Waals surface area contributed by atoms with Crippen LogP contribution in [0.2, 0.25) is 0 Å². The first-order valence-corrected chi connectivity index (χ1v) is 6.21. The van der Waals surface area contributed by atoms with Crippen molar-refractivity contribution in [3.63, 3.8) is 0 Å². The first-order chi connectivity index (χ1) is 7.54. The van der Waals surface area contributed by atoms with Crippen LogP contribution in [0, 0.1) is 12.8 Å². The summed E-state index contributed by atoms with van der Waals surface area (Å²) < 4.78 is 6.09. The summed E-state index contributed by atoms with van der Waals surface area (Å²) in [5.74, 6) is 0.518. The zero-order valence-electron chi connectivity index (χ0n) is 10.2. The van der Waals surface area contributed by atoms with Gasteiger partial charge in [0.2, 0.25) is 0 Å². The Morgan fingerprint density at radius 1 is 1.50 bits per heavy atom. The van der Waals surface area contributed by atoms with Crippen LogP contribution in [0.3, 0.4) is 0 Å². The van der Waals surface area contributed by atoms with Crippen LogP contribution in [-0.4, -0.2) is 24.7 Å². The molecule has 90 valence electrons. The zero-order valence-corrected chi connectivity index (χ0v) is 11.8. The molecule has 0 amide bonds. The number of ether oxygens (including phenoxy) is 1. The quantitative estimate of drug-likeness (QED) is 0.844. The maximum Gasteiger partial charge on any atom is 0.109 e. The fraction of sp³-hybridized carbons (Fsp3) is 0.583. The zero-order chi connectivity index (χ0) is 12.1. The molecule has 16 heavy (non-hydrogen) atoms. The number of anilines is 1. The molecule has 1 aromatic heterocycles. The molecular formula is C12H19BrN2O. The van der Waals surface area contributed by atoms with Crippen LogP contribution in [0.25, 0.3) is 0 Å². The molecule has 0 aliphatic carbocycles. The number of hydrogen-bond acceptors (Lipinski definition) is 3. The van der Waals surface area contributed by atoms with Crippen molar-refractivity contribution >= 4 is 21.6 Å². The molecule has 0 saturated heterocycles. The number of halogens is 1. The molecule has 0 bridgehead atoms. The fourth-order valence-corrected chi connectivity index (χ4v) is 1.65. The first-order valence-electron chi connectivity index (χ1n) is 5.42. The number of rotatable bonds is 5. The molecule has 1 rings (SSSR count). The molecule has 0 radical (unpaired) electrons. The Kier molecular flexibility index (Phi) is 5.22. The third-order valence-electron chi connectivity index (χ3n) is 2.52. The van der Waals surface area contributed by atoms with Gasteiger partial charge in [-0.1, -0.05) is 13.8 Å². The summed E-state index contributed by atoms with van der Waals surface area (Å²) in [5, 5.41) is 3.44. The van der Waals surface area contributed by atoms with Crippen molar-refractivity contribution in [1.82, 2.24) is 4.98 Å². The van der Waals surface area contributed by atoms with Gasteiger partial charge in [0.25, 0.3) is 0 Å². The van der Waals surface area contributed by atoms with Crippen molar-refractivity contribution in [1.29, 1.82) is 0 Å². The van der Waals surface area contributed by atoms with Crippen molar-refractivity contribution in [2.24, 2.45) is 5.92 Å². The molecule has 0 saturated carbocycles. The Morgan fingerprint density at radius 2 is 2.19 bits per heavy atom. The van der Waals surface area contributed by atoms with Crippen molar-refractivity contribution in [2.75, 3.05) is 19.0 Å². The van der Waals surface area contributed by atoms with E-state index in [1.165, 1.54) is 0 Å². The lowest BCUT2D eigenvalue weighted by atomic mass is 10.1. The maximum atomic E-state index is 5.20. The first kappa shape index (κ1) is 13.5. The highest BCUT2D eigenvalue weighted by atomic mass is 79.9. The smallest absolute Gasteiger partial charge is 0.109 e. The summed E-state index contributed by atoms with van der Waals surface area (Å²) in [7, 11) is 1.72. The van der Waals surface area contributed by atoms with E-state index in [0.29, 0.717) is 18.6 Å². The van der Waals surface area contributed by atoms with E-state index in [-0.39, 0.29) is 0 Å². The van der Waals surface area contributed by atoms with Crippen molar-refractivity contribution < 1.29 is 4.74 Å². The number of hydrogen-bond donors (Lipinski definition) is 1. The molecular weight excluding hydrogens is 268 g/mol. The van der Waals surface area contributed by atoms with Crippen LogP contribution in [0.1, 0.15) is 19.4 Å². The molecule has 1 N–H and O–H groups in total. The molecule has 1 aromatic rings. The Labute approximate surface area is 106 Å². The predicted octanol–water partition coefficient (Wildman–Crippen LogP) is 3.24. The third kappa shape index (κ3) is 3.76. The summed E-state index contributed by atoms with van der Waals surface area (Å²) in [6, 6.07) is 2.40. The average Bonchev–Trinajstić information content (AvgIpc) is 2.22. The number of pyridine rings is 1. The van der Waals surface area contributed by atoms with E-state index in [1.54, 1.807) is 7.11 Å². The fourth-order valence-electron chi connectivity index (χ4n) is 1.43. The van der Waals surface area contributed by atoms with Crippen LogP contribution in [0.5, 0.6) is 0 Å². The van der Waals surface area contributed by atoms with Gasteiger partial charge in [0, 0.05) is 7.11 Å². The Morgan fingerprint density at radius 3 is 2.69 bits per heavy atom. The second-order valence-electron chi connectivity index (χ2n) is 4.28. The minimum absolute atomic E-state index is 0.312. The second kappa shape index (κ2) is 6.21. The van der Waals surface area contributed by atoms with E-state index < -0.39 is 0 Å². The molecule has 0 aliphatic heterocycles. The van der Waals surface area contributed by atoms with Gasteiger partial charge >= 0.3 is 0 Å². The Hall–Kier alpha value is -0.610. The van der Waals surface area contributed by atoms with Crippen molar-refractivity contribution in [3.05, 3.63) is 22.4 Å². The van der Waals surface area contributed by atoms with Gasteiger partial charge in [-0.2, -0.15) is 0 Å². The number of aromatic nitrogens is 1. The topological polar surface area (TPSA) is 34.1 Å². The molecule has 0 aromatic carbocycles. The lowest BCUT2D eigenvalue weighted by molar-refractivity contribution is 0.171. The van der Waals surface area contributed by atoms with Gasteiger partial charge in [0.15, 0.2) is 0 Å². The van der Waals surface area contributed by atoms with Gasteiger partial charge in [0.1, 0.15) is 4.60 Å². The van der Waals surface area contributed by atoms with E-state index in [4.69, 9.17) is 4.74 Å². The largest absolute Gasteiger partial charge is 0.383 e. The normalized spacial score (nSPS) is 12.9. The third-order valence-corrected chi connectivity index (χ3v) is 3.35. The van der Waals surface area contributed by atoms with Gasteiger partial charge in [-0.3, -0.25) is 0 Å². The highest BCUT2D eigenvalue weighted by Gasteiger charge is 2.13. The number of aryl methyl sites for hydroxylation is 1. The van der Waals surface area contributed by atoms with Crippen LogP contribution < -0.4 is 5.32 Å². The van der Waals surface area contributed by atoms with Crippen LogP contribution >= 0.6 is 15.9 Å². The van der Waals surface area contributed by atoms with E-state index in [9.17, 15) is 0 Å². The summed E-state index contributed by atoms with van der Waals surface area (Å²) >= 11 is 3.39. The van der Waals surface area contributed by atoms with Gasteiger partial charge in [-0.25, -0.2) is 4.98 Å². The minimum Gasteiger partial charge on any atom is -0.383 e. The second-order valence-corrected chi connectivity index (χ2v) is 5.03. The summed E-state index contributed by atoms with van der Waals surface area (Å²) in [6.07, 6.45) is 1.84. The summed E-state index contributed by atoms with van der Waals surface area (Å²) in [6.45, 7) is 7.08. The van der Waals surface area contributed by atoms with E-state index >= 15 is 0 Å². The number of nitrogens with one attached hydrogen (secondary N) is 1.